The van der Waals surface area contributed by atoms with Crippen LogP contribution in [0.3, 0.4) is 0 Å². The summed E-state index contributed by atoms with van der Waals surface area (Å²) in [7, 11) is 2.19. The maximum absolute atomic E-state index is 5.69. The molecule has 1 unspecified atom stereocenters. The van der Waals surface area contributed by atoms with Gasteiger partial charge in [0.1, 0.15) is 0 Å². The molecule has 1 heterocycles. The first kappa shape index (κ1) is 12.9. The molecule has 0 radical (unpaired) electrons. The van der Waals surface area contributed by atoms with Gasteiger partial charge in [0.15, 0.2) is 0 Å². The van der Waals surface area contributed by atoms with E-state index in [1.165, 1.54) is 24.1 Å². The van der Waals surface area contributed by atoms with Crippen molar-refractivity contribution in [2.45, 2.75) is 25.3 Å². The topological polar surface area (TPSA) is 24.5 Å². The van der Waals surface area contributed by atoms with Gasteiger partial charge >= 0.3 is 0 Å². The Balaban J connectivity index is 1.35. The maximum atomic E-state index is 5.69. The third-order valence-electron chi connectivity index (χ3n) is 4.04. The van der Waals surface area contributed by atoms with Crippen molar-refractivity contribution in [3.63, 3.8) is 0 Å². The van der Waals surface area contributed by atoms with Crippen LogP contribution in [0, 0.1) is 5.92 Å². The van der Waals surface area contributed by atoms with Crippen LogP contribution in [-0.4, -0.2) is 44.3 Å². The Hall–Kier alpha value is -1.06. The molecule has 2 aliphatic rings. The molecule has 0 saturated heterocycles. The summed E-state index contributed by atoms with van der Waals surface area (Å²) in [4.78, 5) is 2.37. The van der Waals surface area contributed by atoms with Crippen LogP contribution in [0.2, 0.25) is 0 Å². The molecule has 3 rings (SSSR count). The average molecular weight is 260 g/mol. The van der Waals surface area contributed by atoms with Gasteiger partial charge in [0.05, 0.1) is 6.61 Å². The Labute approximate surface area is 115 Å². The minimum Gasteiger partial charge on any atom is -0.380 e. The van der Waals surface area contributed by atoms with Crippen LogP contribution in [-0.2, 0) is 11.2 Å². The number of fused-ring (bicyclic) bond motifs is 1. The summed E-state index contributed by atoms with van der Waals surface area (Å²) in [5, 5.41) is 3.60. The van der Waals surface area contributed by atoms with Crippen molar-refractivity contribution in [1.29, 1.82) is 0 Å². The van der Waals surface area contributed by atoms with Crippen LogP contribution in [0.5, 0.6) is 0 Å². The number of benzene rings is 1. The predicted molar refractivity (Wildman–Crippen MR) is 78.6 cm³/mol. The second-order valence-corrected chi connectivity index (χ2v) is 5.98. The van der Waals surface area contributed by atoms with Crippen LogP contribution in [0.25, 0.3) is 0 Å². The third-order valence-corrected chi connectivity index (χ3v) is 4.04. The molecule has 0 spiro atoms. The number of ether oxygens (including phenoxy) is 1. The van der Waals surface area contributed by atoms with Crippen molar-refractivity contribution in [1.82, 2.24) is 4.90 Å². The zero-order chi connectivity index (χ0) is 13.1. The molecule has 104 valence electrons. The number of anilines is 1. The molecule has 3 heteroatoms. The van der Waals surface area contributed by atoms with Crippen molar-refractivity contribution in [2.75, 3.05) is 38.7 Å². The first-order chi connectivity index (χ1) is 9.31. The van der Waals surface area contributed by atoms with Crippen LogP contribution < -0.4 is 5.32 Å². The van der Waals surface area contributed by atoms with Gasteiger partial charge in [-0.25, -0.2) is 0 Å². The highest BCUT2D eigenvalue weighted by atomic mass is 16.5. The van der Waals surface area contributed by atoms with Gasteiger partial charge in [0, 0.05) is 31.4 Å². The molecule has 1 aromatic carbocycles. The lowest BCUT2D eigenvalue weighted by Gasteiger charge is -2.21. The van der Waals surface area contributed by atoms with Gasteiger partial charge < -0.3 is 15.0 Å². The summed E-state index contributed by atoms with van der Waals surface area (Å²) < 4.78 is 5.69. The second kappa shape index (κ2) is 5.93. The van der Waals surface area contributed by atoms with Gasteiger partial charge in [0.25, 0.3) is 0 Å². The molecule has 0 amide bonds. The first-order valence-corrected chi connectivity index (χ1v) is 7.42. The second-order valence-electron chi connectivity index (χ2n) is 5.98. The normalized spacial score (nSPS) is 21.5. The molecular weight excluding hydrogens is 236 g/mol. The van der Waals surface area contributed by atoms with Crippen LogP contribution in [0.4, 0.5) is 5.69 Å². The van der Waals surface area contributed by atoms with Crippen LogP contribution in [0.1, 0.15) is 18.4 Å². The summed E-state index contributed by atoms with van der Waals surface area (Å²) in [5.41, 5.74) is 2.76. The number of nitrogens with one attached hydrogen (secondary N) is 1. The fraction of sp³-hybridized carbons (Fsp3) is 0.625. The van der Waals surface area contributed by atoms with E-state index in [-0.39, 0.29) is 0 Å². The molecule has 0 bridgehead atoms. The van der Waals surface area contributed by atoms with Crippen LogP contribution >= 0.6 is 0 Å². The van der Waals surface area contributed by atoms with E-state index in [2.05, 4.69) is 41.5 Å². The molecule has 0 aromatic heterocycles. The fourth-order valence-electron chi connectivity index (χ4n) is 2.71. The summed E-state index contributed by atoms with van der Waals surface area (Å²) in [6, 6.07) is 9.17. The zero-order valence-corrected chi connectivity index (χ0v) is 11.8. The summed E-state index contributed by atoms with van der Waals surface area (Å²) in [6.07, 6.45) is 3.89. The third kappa shape index (κ3) is 3.71. The molecule has 1 atom stereocenters. The summed E-state index contributed by atoms with van der Waals surface area (Å²) >= 11 is 0. The number of para-hydroxylation sites is 1. The van der Waals surface area contributed by atoms with Gasteiger partial charge in [-0.3, -0.25) is 0 Å². The number of hydrogen-bond donors (Lipinski definition) is 1. The van der Waals surface area contributed by atoms with E-state index in [1.54, 1.807) is 0 Å². The largest absolute Gasteiger partial charge is 0.380 e. The molecule has 1 fully saturated rings. The van der Waals surface area contributed by atoms with Gasteiger partial charge in [-0.2, -0.15) is 0 Å². The van der Waals surface area contributed by atoms with Gasteiger partial charge in [-0.05, 0) is 43.9 Å². The number of likely N-dealkylation sites (N-methyl/N-ethyl adjacent to an activating group) is 1. The van der Waals surface area contributed by atoms with E-state index in [9.17, 15) is 0 Å². The van der Waals surface area contributed by atoms with Crippen molar-refractivity contribution in [2.24, 2.45) is 5.92 Å². The highest BCUT2D eigenvalue weighted by Gasteiger charge is 2.22. The lowest BCUT2D eigenvalue weighted by molar-refractivity contribution is 0.102. The first-order valence-electron chi connectivity index (χ1n) is 7.42. The molecule has 1 aliphatic carbocycles. The van der Waals surface area contributed by atoms with Crippen molar-refractivity contribution in [3.8, 4) is 0 Å². The lowest BCUT2D eigenvalue weighted by Crippen LogP contribution is -2.35. The Morgan fingerprint density at radius 2 is 2.16 bits per heavy atom. The standard InChI is InChI=1S/C16H24N2O/c1-18(8-9-19-12-13-6-7-13)11-15-10-14-4-2-3-5-16(14)17-15/h2-5,13,15,17H,6-12H2,1H3. The van der Waals surface area contributed by atoms with Gasteiger partial charge in [0.2, 0.25) is 0 Å². The fourth-order valence-corrected chi connectivity index (χ4v) is 2.71. The SMILES string of the molecule is CN(CCOCC1CC1)CC1Cc2ccccc2N1. The number of hydrogen-bond acceptors (Lipinski definition) is 3. The average Bonchev–Trinajstić information content (AvgIpc) is 3.13. The van der Waals surface area contributed by atoms with E-state index in [0.29, 0.717) is 6.04 Å². The molecule has 1 aliphatic heterocycles. The Morgan fingerprint density at radius 3 is 2.95 bits per heavy atom. The minimum absolute atomic E-state index is 0.547. The summed E-state index contributed by atoms with van der Waals surface area (Å²) in [5.74, 6) is 0.872. The molecule has 1 N–H and O–H groups in total. The Kier molecular flexibility index (Phi) is 4.04. The molecule has 1 aromatic rings. The van der Waals surface area contributed by atoms with Gasteiger partial charge in [-0.15, -0.1) is 0 Å². The zero-order valence-electron chi connectivity index (χ0n) is 11.8. The quantitative estimate of drug-likeness (QED) is 0.762. The minimum atomic E-state index is 0.547. The van der Waals surface area contributed by atoms with Crippen molar-refractivity contribution >= 4 is 5.69 Å². The smallest absolute Gasteiger partial charge is 0.0593 e. The van der Waals surface area contributed by atoms with E-state index >= 15 is 0 Å². The maximum Gasteiger partial charge on any atom is 0.0593 e. The molecular formula is C16H24N2O. The lowest BCUT2D eigenvalue weighted by atomic mass is 10.1. The molecule has 3 nitrogen and oxygen atoms in total. The highest BCUT2D eigenvalue weighted by Crippen LogP contribution is 2.28. The van der Waals surface area contributed by atoms with E-state index in [1.807, 2.05) is 0 Å². The van der Waals surface area contributed by atoms with Crippen molar-refractivity contribution in [3.05, 3.63) is 29.8 Å². The van der Waals surface area contributed by atoms with E-state index in [4.69, 9.17) is 4.74 Å². The predicted octanol–water partition coefficient (Wildman–Crippen LogP) is 2.38. The number of nitrogens with zero attached hydrogens (tertiary/aromatic N) is 1. The van der Waals surface area contributed by atoms with E-state index in [0.717, 1.165) is 38.6 Å². The molecule has 1 saturated carbocycles. The Bertz CT molecular complexity index is 392. The van der Waals surface area contributed by atoms with Gasteiger partial charge in [-0.1, -0.05) is 18.2 Å². The van der Waals surface area contributed by atoms with Crippen molar-refractivity contribution < 1.29 is 4.74 Å². The summed E-state index contributed by atoms with van der Waals surface area (Å²) in [6.45, 7) is 3.95. The number of rotatable bonds is 7. The van der Waals surface area contributed by atoms with Crippen LogP contribution in [0.15, 0.2) is 24.3 Å². The monoisotopic (exact) mass is 260 g/mol. The van der Waals surface area contributed by atoms with E-state index < -0.39 is 0 Å². The highest BCUT2D eigenvalue weighted by molar-refractivity contribution is 5.56. The molecule has 19 heavy (non-hydrogen) atoms. The Morgan fingerprint density at radius 1 is 1.32 bits per heavy atom.